The van der Waals surface area contributed by atoms with Crippen LogP contribution in [0.1, 0.15) is 11.6 Å². The molecule has 1 aromatic heterocycles. The minimum Gasteiger partial charge on any atom is -0.308 e. The molecule has 2 heterocycles. The Hall–Kier alpha value is -0.480. The topological polar surface area (TPSA) is 40.7 Å². The number of nitrogens with one attached hydrogen (secondary N) is 2. The molecule has 0 aliphatic carbocycles. The van der Waals surface area contributed by atoms with Crippen LogP contribution in [0.3, 0.4) is 0 Å². The van der Waals surface area contributed by atoms with Crippen molar-refractivity contribution >= 4 is 11.8 Å². The number of H-pyrrole nitrogens is 1. The number of aromatic amines is 1. The summed E-state index contributed by atoms with van der Waals surface area (Å²) in [5.74, 6) is 2.40. The fourth-order valence-corrected chi connectivity index (χ4v) is 2.21. The Balaban J connectivity index is 2.04. The zero-order chi connectivity index (χ0) is 7.52. The van der Waals surface area contributed by atoms with Crippen LogP contribution in [0.5, 0.6) is 0 Å². The summed E-state index contributed by atoms with van der Waals surface area (Å²) in [6, 6.07) is 0.507. The van der Waals surface area contributed by atoms with E-state index in [9.17, 15) is 0 Å². The number of nitrogens with zero attached hydrogens (tertiary/aromatic N) is 1. The first-order valence-corrected chi connectivity index (χ1v) is 4.92. The van der Waals surface area contributed by atoms with E-state index in [2.05, 4.69) is 15.5 Å². The number of hydrogen-bond acceptors (Lipinski definition) is 3. The first-order valence-electron chi connectivity index (χ1n) is 3.76. The Morgan fingerprint density at radius 1 is 1.64 bits per heavy atom. The summed E-state index contributed by atoms with van der Waals surface area (Å²) in [6.07, 6.45) is 3.85. The Bertz CT molecular complexity index is 203. The third-order valence-electron chi connectivity index (χ3n) is 1.84. The Labute approximate surface area is 70.0 Å². The maximum Gasteiger partial charge on any atom is 0.0535 e. The molecule has 0 spiro atoms. The Kier molecular flexibility index (Phi) is 2.14. The lowest BCUT2D eigenvalue weighted by molar-refractivity contribution is 0.595. The van der Waals surface area contributed by atoms with Gasteiger partial charge in [0.15, 0.2) is 0 Å². The van der Waals surface area contributed by atoms with Crippen LogP contribution in [0.25, 0.3) is 0 Å². The molecule has 1 aliphatic rings. The van der Waals surface area contributed by atoms with Crippen molar-refractivity contribution in [3.8, 4) is 0 Å². The van der Waals surface area contributed by atoms with Gasteiger partial charge < -0.3 is 5.32 Å². The van der Waals surface area contributed by atoms with Gasteiger partial charge in [0, 0.05) is 35.9 Å². The molecule has 1 unspecified atom stereocenters. The van der Waals surface area contributed by atoms with Crippen molar-refractivity contribution in [3.05, 3.63) is 18.0 Å². The van der Waals surface area contributed by atoms with Crippen LogP contribution in [0.15, 0.2) is 12.4 Å². The highest BCUT2D eigenvalue weighted by Crippen LogP contribution is 2.20. The molecule has 1 saturated heterocycles. The molecular formula is C7H11N3S. The highest BCUT2D eigenvalue weighted by molar-refractivity contribution is 7.99. The number of hydrogen-bond donors (Lipinski definition) is 2. The predicted molar refractivity (Wildman–Crippen MR) is 46.7 cm³/mol. The van der Waals surface area contributed by atoms with Gasteiger partial charge >= 0.3 is 0 Å². The molecule has 11 heavy (non-hydrogen) atoms. The summed E-state index contributed by atoms with van der Waals surface area (Å²) >= 11 is 2.00. The fraction of sp³-hybridized carbons (Fsp3) is 0.571. The lowest BCUT2D eigenvalue weighted by Gasteiger charge is -2.21. The van der Waals surface area contributed by atoms with Crippen LogP contribution in [0.2, 0.25) is 0 Å². The van der Waals surface area contributed by atoms with Gasteiger partial charge in [0.25, 0.3) is 0 Å². The zero-order valence-electron chi connectivity index (χ0n) is 6.21. The third-order valence-corrected chi connectivity index (χ3v) is 2.91. The summed E-state index contributed by atoms with van der Waals surface area (Å²) in [7, 11) is 0. The first-order chi connectivity index (χ1) is 5.47. The molecule has 1 aliphatic heterocycles. The molecule has 4 heteroatoms. The van der Waals surface area contributed by atoms with Gasteiger partial charge in [0.05, 0.1) is 6.20 Å². The van der Waals surface area contributed by atoms with Gasteiger partial charge in [-0.1, -0.05) is 0 Å². The van der Waals surface area contributed by atoms with Gasteiger partial charge in [-0.25, -0.2) is 0 Å². The van der Waals surface area contributed by atoms with Gasteiger partial charge in [-0.05, 0) is 0 Å². The van der Waals surface area contributed by atoms with E-state index in [1.165, 1.54) is 17.1 Å². The maximum atomic E-state index is 3.92. The van der Waals surface area contributed by atoms with Crippen molar-refractivity contribution < 1.29 is 0 Å². The van der Waals surface area contributed by atoms with Gasteiger partial charge in [-0.2, -0.15) is 16.9 Å². The van der Waals surface area contributed by atoms with Crippen molar-refractivity contribution in [2.75, 3.05) is 18.1 Å². The van der Waals surface area contributed by atoms with Crippen LogP contribution in [-0.4, -0.2) is 28.2 Å². The zero-order valence-corrected chi connectivity index (χ0v) is 7.03. The van der Waals surface area contributed by atoms with Crippen molar-refractivity contribution in [3.63, 3.8) is 0 Å². The van der Waals surface area contributed by atoms with E-state index in [1.807, 2.05) is 24.2 Å². The monoisotopic (exact) mass is 169 g/mol. The SMILES string of the molecule is c1n[nH]cc1C1CSCCN1. The second-order valence-electron chi connectivity index (χ2n) is 2.61. The smallest absolute Gasteiger partial charge is 0.0535 e. The van der Waals surface area contributed by atoms with E-state index in [0.29, 0.717) is 6.04 Å². The fourth-order valence-electron chi connectivity index (χ4n) is 1.23. The van der Waals surface area contributed by atoms with Gasteiger partial charge in [-0.15, -0.1) is 0 Å². The molecule has 1 fully saturated rings. The van der Waals surface area contributed by atoms with Crippen molar-refractivity contribution in [2.45, 2.75) is 6.04 Å². The lowest BCUT2D eigenvalue weighted by atomic mass is 10.2. The average Bonchev–Trinajstić information content (AvgIpc) is 2.58. The van der Waals surface area contributed by atoms with E-state index < -0.39 is 0 Å². The average molecular weight is 169 g/mol. The molecule has 0 aromatic carbocycles. The highest BCUT2D eigenvalue weighted by Gasteiger charge is 2.14. The lowest BCUT2D eigenvalue weighted by Crippen LogP contribution is -2.29. The second kappa shape index (κ2) is 3.28. The van der Waals surface area contributed by atoms with E-state index in [0.717, 1.165) is 6.54 Å². The second-order valence-corrected chi connectivity index (χ2v) is 3.76. The molecule has 2 rings (SSSR count). The van der Waals surface area contributed by atoms with Crippen molar-refractivity contribution in [2.24, 2.45) is 0 Å². The summed E-state index contributed by atoms with van der Waals surface area (Å²) in [5, 5.41) is 10.2. The van der Waals surface area contributed by atoms with Gasteiger partial charge in [0.1, 0.15) is 0 Å². The summed E-state index contributed by atoms with van der Waals surface area (Å²) in [4.78, 5) is 0. The van der Waals surface area contributed by atoms with Crippen molar-refractivity contribution in [1.29, 1.82) is 0 Å². The summed E-state index contributed by atoms with van der Waals surface area (Å²) in [5.41, 5.74) is 1.28. The molecule has 60 valence electrons. The largest absolute Gasteiger partial charge is 0.308 e. The molecule has 0 saturated carbocycles. The molecule has 0 radical (unpaired) electrons. The predicted octanol–water partition coefficient (Wildman–Crippen LogP) is 0.787. The van der Waals surface area contributed by atoms with Crippen LogP contribution < -0.4 is 5.32 Å². The minimum absolute atomic E-state index is 0.507. The molecule has 1 aromatic rings. The van der Waals surface area contributed by atoms with Crippen LogP contribution >= 0.6 is 11.8 Å². The summed E-state index contributed by atoms with van der Waals surface area (Å²) < 4.78 is 0. The summed E-state index contributed by atoms with van der Waals surface area (Å²) in [6.45, 7) is 1.11. The number of thioether (sulfide) groups is 1. The van der Waals surface area contributed by atoms with Crippen LogP contribution in [0.4, 0.5) is 0 Å². The standard InChI is InChI=1S/C7H11N3S/c1-2-11-5-7(8-1)6-3-9-10-4-6/h3-4,7-8H,1-2,5H2,(H,9,10). The van der Waals surface area contributed by atoms with Crippen LogP contribution in [-0.2, 0) is 0 Å². The highest BCUT2D eigenvalue weighted by atomic mass is 32.2. The molecule has 0 bridgehead atoms. The Morgan fingerprint density at radius 2 is 2.64 bits per heavy atom. The van der Waals surface area contributed by atoms with Gasteiger partial charge in [-0.3, -0.25) is 5.10 Å². The molecular weight excluding hydrogens is 158 g/mol. The maximum absolute atomic E-state index is 3.92. The number of aromatic nitrogens is 2. The normalized spacial score (nSPS) is 25.3. The molecule has 3 nitrogen and oxygen atoms in total. The quantitative estimate of drug-likeness (QED) is 0.653. The minimum atomic E-state index is 0.507. The van der Waals surface area contributed by atoms with Gasteiger partial charge in [0.2, 0.25) is 0 Å². The van der Waals surface area contributed by atoms with E-state index in [1.54, 1.807) is 0 Å². The van der Waals surface area contributed by atoms with E-state index in [4.69, 9.17) is 0 Å². The number of rotatable bonds is 1. The molecule has 2 N–H and O–H groups in total. The van der Waals surface area contributed by atoms with Crippen molar-refractivity contribution in [1.82, 2.24) is 15.5 Å². The van der Waals surface area contributed by atoms with Crippen LogP contribution in [0, 0.1) is 0 Å². The molecule has 1 atom stereocenters. The molecule has 0 amide bonds. The van der Waals surface area contributed by atoms with E-state index >= 15 is 0 Å². The first kappa shape index (κ1) is 7.18. The Morgan fingerprint density at radius 3 is 3.27 bits per heavy atom. The third kappa shape index (κ3) is 1.57. The van der Waals surface area contributed by atoms with E-state index in [-0.39, 0.29) is 0 Å².